The minimum atomic E-state index is -0.0607. The van der Waals surface area contributed by atoms with Crippen LogP contribution in [0, 0.1) is 19.3 Å². The molecule has 0 radical (unpaired) electrons. The number of aryl methyl sites for hydroxylation is 1. The predicted molar refractivity (Wildman–Crippen MR) is 123 cm³/mol. The quantitative estimate of drug-likeness (QED) is 0.592. The zero-order valence-corrected chi connectivity index (χ0v) is 18.2. The van der Waals surface area contributed by atoms with Crippen LogP contribution in [0.2, 0.25) is 0 Å². The monoisotopic (exact) mass is 404 g/mol. The van der Waals surface area contributed by atoms with Crippen LogP contribution in [0.25, 0.3) is 5.57 Å². The van der Waals surface area contributed by atoms with Crippen LogP contribution in [0.4, 0.5) is 0 Å². The van der Waals surface area contributed by atoms with Crippen molar-refractivity contribution in [3.05, 3.63) is 70.2 Å². The summed E-state index contributed by atoms with van der Waals surface area (Å²) in [6.07, 6.45) is 9.68. The fraction of sp³-hybridized carbons (Fsp3) is 0.400. The Bertz CT molecular complexity index is 925. The van der Waals surface area contributed by atoms with Crippen LogP contribution in [-0.2, 0) is 6.42 Å². The number of allylic oxidation sites excluding steroid dienone is 1. The first kappa shape index (κ1) is 21.8. The Kier molecular flexibility index (Phi) is 7.39. The van der Waals surface area contributed by atoms with Gasteiger partial charge in [0.05, 0.1) is 0 Å². The lowest BCUT2D eigenvalue weighted by molar-refractivity contribution is 0.0922. The molecule has 0 spiro atoms. The molecular weight excluding hydrogens is 372 g/mol. The smallest absolute Gasteiger partial charge is 0.270 e. The van der Waals surface area contributed by atoms with Gasteiger partial charge in [0.15, 0.2) is 0 Å². The van der Waals surface area contributed by atoms with E-state index in [1.165, 1.54) is 31.0 Å². The van der Waals surface area contributed by atoms with Gasteiger partial charge in [-0.3, -0.25) is 4.79 Å². The molecule has 1 heterocycles. The molecule has 5 heteroatoms. The molecule has 3 N–H and O–H groups in total. The van der Waals surface area contributed by atoms with Gasteiger partial charge in [-0.1, -0.05) is 43.5 Å². The van der Waals surface area contributed by atoms with E-state index in [2.05, 4.69) is 34.7 Å². The summed E-state index contributed by atoms with van der Waals surface area (Å²) in [4.78, 5) is 17.3. The lowest BCUT2D eigenvalue weighted by Crippen LogP contribution is -2.36. The molecule has 0 aliphatic heterocycles. The number of rotatable bonds is 7. The van der Waals surface area contributed by atoms with Gasteiger partial charge in [0.1, 0.15) is 5.69 Å². The Morgan fingerprint density at radius 3 is 2.50 bits per heavy atom. The van der Waals surface area contributed by atoms with E-state index in [4.69, 9.17) is 5.41 Å². The number of carbonyl (C=O) groups excluding carboxylic acids is 1. The summed E-state index contributed by atoms with van der Waals surface area (Å²) >= 11 is 0. The van der Waals surface area contributed by atoms with Crippen LogP contribution < -0.4 is 10.6 Å². The fourth-order valence-electron chi connectivity index (χ4n) is 4.01. The minimum Gasteiger partial charge on any atom is -0.393 e. The summed E-state index contributed by atoms with van der Waals surface area (Å²) in [5.41, 5.74) is 6.67. The molecule has 0 atom stereocenters. The molecule has 1 aromatic carbocycles. The molecule has 0 saturated heterocycles. The summed E-state index contributed by atoms with van der Waals surface area (Å²) in [6, 6.07) is 10.4. The molecule has 30 heavy (non-hydrogen) atoms. The Hall–Kier alpha value is -2.95. The van der Waals surface area contributed by atoms with Crippen LogP contribution >= 0.6 is 0 Å². The summed E-state index contributed by atoms with van der Waals surface area (Å²) in [7, 11) is 1.83. The van der Waals surface area contributed by atoms with E-state index >= 15 is 0 Å². The van der Waals surface area contributed by atoms with E-state index < -0.39 is 0 Å². The number of aromatic nitrogens is 1. The molecule has 1 saturated carbocycles. The Balaban J connectivity index is 1.77. The largest absolute Gasteiger partial charge is 0.393 e. The molecule has 1 fully saturated rings. The number of pyridine rings is 1. The standard InChI is InChI=1S/C25H32N4O/c1-17-18(2)28-24(25(30)29-23-7-5-4-6-8-23)14-21(17)13-19-9-11-20(12-10-19)22(15-26)16-27-3/h9-12,14-16,23,26-27H,4-8,13H2,1-3H3,(H,29,30)/b22-16+,26-15?. The lowest BCUT2D eigenvalue weighted by Gasteiger charge is -2.23. The maximum atomic E-state index is 12.8. The number of hydrogen-bond donors (Lipinski definition) is 3. The first-order chi connectivity index (χ1) is 14.5. The van der Waals surface area contributed by atoms with Crippen molar-refractivity contribution in [3.63, 3.8) is 0 Å². The van der Waals surface area contributed by atoms with Gasteiger partial charge in [-0.05, 0) is 61.4 Å². The average Bonchev–Trinajstić information content (AvgIpc) is 2.76. The fourth-order valence-corrected chi connectivity index (χ4v) is 4.01. The van der Waals surface area contributed by atoms with Crippen molar-refractivity contribution in [2.24, 2.45) is 0 Å². The SMILES string of the molecule is CN/C=C(\C=N)c1ccc(Cc2cc(C(=O)NC3CCCCC3)nc(C)c2C)cc1. The van der Waals surface area contributed by atoms with Crippen LogP contribution in [0.5, 0.6) is 0 Å². The van der Waals surface area contributed by atoms with Crippen molar-refractivity contribution in [2.75, 3.05) is 7.05 Å². The first-order valence-corrected chi connectivity index (χ1v) is 10.8. The van der Waals surface area contributed by atoms with E-state index in [0.29, 0.717) is 5.69 Å². The van der Waals surface area contributed by atoms with E-state index in [1.54, 1.807) is 0 Å². The number of benzene rings is 1. The van der Waals surface area contributed by atoms with E-state index in [9.17, 15) is 4.79 Å². The zero-order chi connectivity index (χ0) is 21.5. The maximum absolute atomic E-state index is 12.8. The van der Waals surface area contributed by atoms with Crippen LogP contribution in [0.1, 0.15) is 70.5 Å². The molecule has 3 rings (SSSR count). The molecule has 1 aliphatic carbocycles. The molecule has 1 aliphatic rings. The Morgan fingerprint density at radius 2 is 1.87 bits per heavy atom. The van der Waals surface area contributed by atoms with Crippen molar-refractivity contribution < 1.29 is 4.79 Å². The zero-order valence-electron chi connectivity index (χ0n) is 18.2. The second-order valence-corrected chi connectivity index (χ2v) is 8.09. The van der Waals surface area contributed by atoms with Crippen LogP contribution in [-0.4, -0.2) is 30.2 Å². The van der Waals surface area contributed by atoms with Gasteiger partial charge in [0, 0.05) is 36.8 Å². The second-order valence-electron chi connectivity index (χ2n) is 8.09. The molecule has 1 amide bonds. The molecular formula is C25H32N4O. The molecule has 1 aromatic heterocycles. The molecule has 0 bridgehead atoms. The van der Waals surface area contributed by atoms with Gasteiger partial charge >= 0.3 is 0 Å². The highest BCUT2D eigenvalue weighted by Gasteiger charge is 2.19. The predicted octanol–water partition coefficient (Wildman–Crippen LogP) is 4.56. The summed E-state index contributed by atoms with van der Waals surface area (Å²) in [6.45, 7) is 4.04. The van der Waals surface area contributed by atoms with E-state index in [1.807, 2.05) is 38.4 Å². The highest BCUT2D eigenvalue weighted by molar-refractivity contribution is 6.08. The second kappa shape index (κ2) is 10.2. The minimum absolute atomic E-state index is 0.0607. The normalized spacial score (nSPS) is 15.0. The first-order valence-electron chi connectivity index (χ1n) is 10.8. The molecule has 0 unspecified atom stereocenters. The maximum Gasteiger partial charge on any atom is 0.270 e. The van der Waals surface area contributed by atoms with Crippen molar-refractivity contribution in [3.8, 4) is 0 Å². The van der Waals surface area contributed by atoms with Gasteiger partial charge in [-0.25, -0.2) is 4.98 Å². The van der Waals surface area contributed by atoms with Crippen molar-refractivity contribution in [1.29, 1.82) is 5.41 Å². The van der Waals surface area contributed by atoms with Crippen LogP contribution in [0.15, 0.2) is 36.5 Å². The molecule has 158 valence electrons. The third-order valence-corrected chi connectivity index (χ3v) is 5.93. The number of nitrogens with one attached hydrogen (secondary N) is 3. The highest BCUT2D eigenvalue weighted by atomic mass is 16.1. The molecule has 2 aromatic rings. The van der Waals surface area contributed by atoms with E-state index in [0.717, 1.165) is 47.2 Å². The van der Waals surface area contributed by atoms with Gasteiger partial charge in [-0.15, -0.1) is 0 Å². The van der Waals surface area contributed by atoms with Crippen molar-refractivity contribution in [2.45, 2.75) is 58.4 Å². The summed E-state index contributed by atoms with van der Waals surface area (Å²) in [5.74, 6) is -0.0607. The Morgan fingerprint density at radius 1 is 1.17 bits per heavy atom. The van der Waals surface area contributed by atoms with Gasteiger partial charge in [0.2, 0.25) is 0 Å². The number of amides is 1. The third kappa shape index (κ3) is 5.35. The van der Waals surface area contributed by atoms with Gasteiger partial charge in [-0.2, -0.15) is 0 Å². The van der Waals surface area contributed by atoms with E-state index in [-0.39, 0.29) is 11.9 Å². The Labute approximate surface area is 179 Å². The third-order valence-electron chi connectivity index (χ3n) is 5.93. The highest BCUT2D eigenvalue weighted by Crippen LogP contribution is 2.21. The van der Waals surface area contributed by atoms with Gasteiger partial charge < -0.3 is 16.0 Å². The van der Waals surface area contributed by atoms with Gasteiger partial charge in [0.25, 0.3) is 5.91 Å². The topological polar surface area (TPSA) is 77.9 Å². The van der Waals surface area contributed by atoms with Crippen molar-refractivity contribution >= 4 is 17.7 Å². The molecule has 5 nitrogen and oxygen atoms in total. The van der Waals surface area contributed by atoms with Crippen molar-refractivity contribution in [1.82, 2.24) is 15.6 Å². The number of hydrogen-bond acceptors (Lipinski definition) is 4. The average molecular weight is 405 g/mol. The van der Waals surface area contributed by atoms with Crippen LogP contribution in [0.3, 0.4) is 0 Å². The number of nitrogens with zero attached hydrogens (tertiary/aromatic N) is 1. The number of carbonyl (C=O) groups is 1. The summed E-state index contributed by atoms with van der Waals surface area (Å²) in [5, 5.41) is 13.7. The lowest BCUT2D eigenvalue weighted by atomic mass is 9.95. The summed E-state index contributed by atoms with van der Waals surface area (Å²) < 4.78 is 0.